The number of aliphatic hydroxyl groups is 1. The van der Waals surface area contributed by atoms with Gasteiger partial charge in [-0.05, 0) is 31.0 Å². The average Bonchev–Trinajstić information content (AvgIpc) is 2.47. The zero-order valence-electron chi connectivity index (χ0n) is 11.4. The van der Waals surface area contributed by atoms with Gasteiger partial charge in [0, 0.05) is 11.6 Å². The lowest BCUT2D eigenvalue weighted by molar-refractivity contribution is -0.0195. The maximum Gasteiger partial charge on any atom is 0.0945 e. The van der Waals surface area contributed by atoms with E-state index in [-0.39, 0.29) is 0 Å². The van der Waals surface area contributed by atoms with Crippen LogP contribution < -0.4 is 5.32 Å². The lowest BCUT2D eigenvalue weighted by atomic mass is 9.98. The molecule has 5 heteroatoms. The normalized spacial score (nSPS) is 17.9. The second-order valence-corrected chi connectivity index (χ2v) is 6.10. The molecule has 20 heavy (non-hydrogen) atoms. The van der Waals surface area contributed by atoms with Gasteiger partial charge in [-0.25, -0.2) is 0 Å². The SMILES string of the molecule is OC(CNc1cc(Cl)ccc1Cl)COC1CCCCC1. The second kappa shape index (κ2) is 8.08. The summed E-state index contributed by atoms with van der Waals surface area (Å²) in [7, 11) is 0. The van der Waals surface area contributed by atoms with Crippen molar-refractivity contribution in [1.82, 2.24) is 0 Å². The lowest BCUT2D eigenvalue weighted by Gasteiger charge is -2.23. The van der Waals surface area contributed by atoms with E-state index in [4.69, 9.17) is 27.9 Å². The van der Waals surface area contributed by atoms with Crippen molar-refractivity contribution >= 4 is 28.9 Å². The van der Waals surface area contributed by atoms with E-state index in [9.17, 15) is 5.11 Å². The molecule has 0 radical (unpaired) electrons. The summed E-state index contributed by atoms with van der Waals surface area (Å²) in [5.74, 6) is 0. The molecule has 1 aliphatic carbocycles. The molecular weight excluding hydrogens is 297 g/mol. The second-order valence-electron chi connectivity index (χ2n) is 5.25. The molecule has 2 N–H and O–H groups in total. The van der Waals surface area contributed by atoms with Gasteiger partial charge in [-0.3, -0.25) is 0 Å². The van der Waals surface area contributed by atoms with E-state index >= 15 is 0 Å². The number of aliphatic hydroxyl groups excluding tert-OH is 1. The molecule has 0 saturated heterocycles. The van der Waals surface area contributed by atoms with E-state index in [1.165, 1.54) is 19.3 Å². The average molecular weight is 318 g/mol. The molecular formula is C15H21Cl2NO2. The van der Waals surface area contributed by atoms with Gasteiger partial charge < -0.3 is 15.2 Å². The van der Waals surface area contributed by atoms with Gasteiger partial charge in [0.2, 0.25) is 0 Å². The molecule has 0 aromatic heterocycles. The number of rotatable bonds is 6. The molecule has 1 fully saturated rings. The highest BCUT2D eigenvalue weighted by molar-refractivity contribution is 6.35. The summed E-state index contributed by atoms with van der Waals surface area (Å²) in [6, 6.07) is 5.22. The summed E-state index contributed by atoms with van der Waals surface area (Å²) in [6.07, 6.45) is 5.76. The van der Waals surface area contributed by atoms with Crippen LogP contribution in [0.1, 0.15) is 32.1 Å². The van der Waals surface area contributed by atoms with Gasteiger partial charge in [-0.15, -0.1) is 0 Å². The molecule has 1 aliphatic rings. The Morgan fingerprint density at radius 1 is 1.25 bits per heavy atom. The van der Waals surface area contributed by atoms with Crippen LogP contribution in [0.25, 0.3) is 0 Å². The van der Waals surface area contributed by atoms with Gasteiger partial charge in [0.25, 0.3) is 0 Å². The standard InChI is InChI=1S/C15H21Cl2NO2/c16-11-6-7-14(17)15(8-11)18-9-12(19)10-20-13-4-2-1-3-5-13/h6-8,12-13,18-19H,1-5,9-10H2. The first-order chi connectivity index (χ1) is 9.65. The molecule has 1 atom stereocenters. The third-order valence-electron chi connectivity index (χ3n) is 3.53. The van der Waals surface area contributed by atoms with Crippen LogP contribution in [0.15, 0.2) is 18.2 Å². The molecule has 0 heterocycles. The Morgan fingerprint density at radius 3 is 2.75 bits per heavy atom. The minimum Gasteiger partial charge on any atom is -0.389 e. The van der Waals surface area contributed by atoms with Crippen molar-refractivity contribution in [2.24, 2.45) is 0 Å². The predicted octanol–water partition coefficient (Wildman–Crippen LogP) is 4.12. The van der Waals surface area contributed by atoms with E-state index in [0.717, 1.165) is 18.5 Å². The van der Waals surface area contributed by atoms with Crippen LogP contribution in [0.3, 0.4) is 0 Å². The summed E-state index contributed by atoms with van der Waals surface area (Å²) in [5, 5.41) is 14.2. The first kappa shape index (κ1) is 15.9. The van der Waals surface area contributed by atoms with Crippen LogP contribution >= 0.6 is 23.2 Å². The van der Waals surface area contributed by atoms with Crippen molar-refractivity contribution in [3.63, 3.8) is 0 Å². The molecule has 2 rings (SSSR count). The van der Waals surface area contributed by atoms with Gasteiger partial charge >= 0.3 is 0 Å². The van der Waals surface area contributed by atoms with E-state index < -0.39 is 6.10 Å². The van der Waals surface area contributed by atoms with Gasteiger partial charge in [0.1, 0.15) is 0 Å². The maximum absolute atomic E-state index is 9.94. The smallest absolute Gasteiger partial charge is 0.0945 e. The minimum absolute atomic E-state index is 0.313. The topological polar surface area (TPSA) is 41.5 Å². The Morgan fingerprint density at radius 2 is 2.00 bits per heavy atom. The van der Waals surface area contributed by atoms with Crippen molar-refractivity contribution < 1.29 is 9.84 Å². The molecule has 1 aromatic carbocycles. The highest BCUT2D eigenvalue weighted by Crippen LogP contribution is 2.25. The number of anilines is 1. The van der Waals surface area contributed by atoms with Crippen LogP contribution in [0.5, 0.6) is 0 Å². The van der Waals surface area contributed by atoms with Gasteiger partial charge in [0.05, 0.1) is 29.5 Å². The van der Waals surface area contributed by atoms with Crippen molar-refractivity contribution in [2.45, 2.75) is 44.3 Å². The Balaban J connectivity index is 1.71. The van der Waals surface area contributed by atoms with E-state index in [1.54, 1.807) is 18.2 Å². The fraction of sp³-hybridized carbons (Fsp3) is 0.600. The zero-order chi connectivity index (χ0) is 14.4. The fourth-order valence-corrected chi connectivity index (χ4v) is 2.76. The molecule has 1 saturated carbocycles. The molecule has 112 valence electrons. The Bertz CT molecular complexity index is 422. The number of hydrogen-bond acceptors (Lipinski definition) is 3. The third kappa shape index (κ3) is 5.13. The van der Waals surface area contributed by atoms with Crippen LogP contribution in [-0.4, -0.2) is 30.5 Å². The summed E-state index contributed by atoms with van der Waals surface area (Å²) >= 11 is 12.0. The van der Waals surface area contributed by atoms with Crippen LogP contribution in [0.4, 0.5) is 5.69 Å². The summed E-state index contributed by atoms with van der Waals surface area (Å²) in [4.78, 5) is 0. The van der Waals surface area contributed by atoms with Crippen LogP contribution in [-0.2, 0) is 4.74 Å². The molecule has 1 unspecified atom stereocenters. The molecule has 0 spiro atoms. The fourth-order valence-electron chi connectivity index (χ4n) is 2.40. The summed E-state index contributed by atoms with van der Waals surface area (Å²) in [5.41, 5.74) is 0.732. The lowest BCUT2D eigenvalue weighted by Crippen LogP contribution is -2.28. The van der Waals surface area contributed by atoms with E-state index in [2.05, 4.69) is 5.32 Å². The van der Waals surface area contributed by atoms with Gasteiger partial charge in [-0.1, -0.05) is 42.5 Å². The quantitative estimate of drug-likeness (QED) is 0.829. The van der Waals surface area contributed by atoms with Gasteiger partial charge in [0.15, 0.2) is 0 Å². The highest BCUT2D eigenvalue weighted by atomic mass is 35.5. The Hall–Kier alpha value is -0.480. The number of hydrogen-bond donors (Lipinski definition) is 2. The maximum atomic E-state index is 9.94. The first-order valence-corrected chi connectivity index (χ1v) is 7.89. The summed E-state index contributed by atoms with van der Waals surface area (Å²) < 4.78 is 5.74. The molecule has 0 aliphatic heterocycles. The Labute approximate surface area is 130 Å². The van der Waals surface area contributed by atoms with Gasteiger partial charge in [-0.2, -0.15) is 0 Å². The van der Waals surface area contributed by atoms with Crippen molar-refractivity contribution in [2.75, 3.05) is 18.5 Å². The zero-order valence-corrected chi connectivity index (χ0v) is 13.0. The predicted molar refractivity (Wildman–Crippen MR) is 83.8 cm³/mol. The van der Waals surface area contributed by atoms with Crippen LogP contribution in [0.2, 0.25) is 10.0 Å². The monoisotopic (exact) mass is 317 g/mol. The largest absolute Gasteiger partial charge is 0.389 e. The number of nitrogens with one attached hydrogen (secondary N) is 1. The minimum atomic E-state index is -0.549. The van der Waals surface area contributed by atoms with Crippen molar-refractivity contribution in [3.8, 4) is 0 Å². The Kier molecular flexibility index (Phi) is 6.43. The van der Waals surface area contributed by atoms with Crippen molar-refractivity contribution in [1.29, 1.82) is 0 Å². The highest BCUT2D eigenvalue weighted by Gasteiger charge is 2.15. The first-order valence-electron chi connectivity index (χ1n) is 7.14. The van der Waals surface area contributed by atoms with E-state index in [1.807, 2.05) is 0 Å². The van der Waals surface area contributed by atoms with Crippen LogP contribution in [0, 0.1) is 0 Å². The summed E-state index contributed by atoms with van der Waals surface area (Å²) in [6.45, 7) is 0.753. The molecule has 1 aromatic rings. The van der Waals surface area contributed by atoms with E-state index in [0.29, 0.717) is 29.3 Å². The molecule has 3 nitrogen and oxygen atoms in total. The molecule has 0 bridgehead atoms. The third-order valence-corrected chi connectivity index (χ3v) is 4.10. The number of ether oxygens (including phenoxy) is 1. The number of halogens is 2. The van der Waals surface area contributed by atoms with Crippen molar-refractivity contribution in [3.05, 3.63) is 28.2 Å². The number of benzene rings is 1. The molecule has 0 amide bonds.